The highest BCUT2D eigenvalue weighted by Gasteiger charge is 2.52. The first kappa shape index (κ1) is 95.0. The van der Waals surface area contributed by atoms with Crippen molar-refractivity contribution in [3.63, 3.8) is 0 Å². The lowest BCUT2D eigenvalue weighted by Crippen LogP contribution is -2.41. The number of rotatable bonds is 16. The van der Waals surface area contributed by atoms with Crippen LogP contribution in [0.2, 0.25) is 0 Å². The van der Waals surface area contributed by atoms with Crippen LogP contribution in [0.25, 0.3) is 105 Å². The normalized spacial score (nSPS) is 14.5. The van der Waals surface area contributed by atoms with E-state index in [9.17, 15) is 0 Å². The summed E-state index contributed by atoms with van der Waals surface area (Å²) in [5.74, 6) is 3.59. The Hall–Kier alpha value is 0.395. The molecule has 16 aromatic rings. The van der Waals surface area contributed by atoms with E-state index in [0.717, 1.165) is 93.1 Å². The van der Waals surface area contributed by atoms with E-state index in [1.165, 1.54) is 76.5 Å². The summed E-state index contributed by atoms with van der Waals surface area (Å²) in [6.45, 7) is 9.01. The van der Waals surface area contributed by atoms with Crippen molar-refractivity contribution in [1.29, 1.82) is 0 Å². The SMILES string of the molecule is Brc1ccc2c(c1)Oc1cc(Br)ccc1S2.C.CC1(C)OB(c2ccc3c(c2)c2ccccc2n3-c2ccccc2)OC1(C)C.PPP(P)P(P(P)P)P(P(P(P)P)P(P)P)P(P(P)P)P(P)P.c1ccc(-n2c3ccccc3c3cc(-c4ccc5c(c4)Oc4cc(-c6ccc7c(c6)c6ccccc6n7-c6ccccc6)ccc4S5)ccc32)cc1. The number of aromatic nitrogens is 3. The molecule has 15 unspecified atom stereocenters. The first-order chi connectivity index (χ1) is 57.3. The Kier molecular flexibility index (Phi) is 33.3. The largest absolute Gasteiger partial charge is 0.494 e. The zero-order valence-electron chi connectivity index (χ0n) is 64.7. The molecule has 0 N–H and O–H groups in total. The average Bonchev–Trinajstić information content (AvgIpc) is 1.55. The standard InChI is InChI=1S/C48H30N2OS.C24H24BNO2.C12H6Br2OS.CH4.H25P23/c1-3-11-35(12-4-1)49-41-17-9-7-15-37(41)39-27-31(19-23-43(39)49)33-21-25-47-45(29-33)51-46-30-34(22-26-48(46)52-47)32-20-24-44-40(28-32)38-16-8-10-18-42(38)50(44)36-13-5-2-6-14-36;1-23(2)24(3,4)28-25(27-23)17-14-15-22-20(16-17)19-12-8-9-13-21(19)26(22)18-10-6-5-7-11-18;13-7-1-3-11-9(5-7)15-10-6-8(14)2-4-12(10)16-11;;1-13-19(12)22(18(10)11)23(20(14(2)3)15(4)5)21(16(6)7)17(8)9/h1-30H;5-16H,1-4H3;1-6H;1H4;13H,1-12H2. The summed E-state index contributed by atoms with van der Waals surface area (Å²) in [5.41, 5.74) is 15.7. The molecule has 1 saturated heterocycles. The maximum absolute atomic E-state index is 6.71. The molecule has 0 bridgehead atoms. The molecule has 19 rings (SSSR count). The number of hydrogen-bond acceptors (Lipinski definition) is 6. The van der Waals surface area contributed by atoms with Crippen molar-refractivity contribution in [1.82, 2.24) is 13.7 Å². The maximum Gasteiger partial charge on any atom is 0.494 e. The van der Waals surface area contributed by atoms with Crippen LogP contribution in [0.1, 0.15) is 35.1 Å². The third-order valence-electron chi connectivity index (χ3n) is 20.7. The highest BCUT2D eigenvalue weighted by Crippen LogP contribution is 3.33. The molecule has 612 valence electrons. The first-order valence-corrected chi connectivity index (χ1v) is 81.7. The smallest absolute Gasteiger partial charge is 0.455 e. The molecule has 15 atom stereocenters. The molecular formula is C85H89BBr2N3O4P23S2. The van der Waals surface area contributed by atoms with E-state index < -0.39 is 0 Å². The molecule has 6 heterocycles. The van der Waals surface area contributed by atoms with Gasteiger partial charge in [-0.25, -0.2) is 0 Å². The molecule has 0 aliphatic carbocycles. The van der Waals surface area contributed by atoms with Gasteiger partial charge in [0.05, 0.1) is 63.9 Å². The molecule has 0 radical (unpaired) electrons. The van der Waals surface area contributed by atoms with E-state index >= 15 is 0 Å². The van der Waals surface area contributed by atoms with Gasteiger partial charge in [0.2, 0.25) is 0 Å². The van der Waals surface area contributed by atoms with Gasteiger partial charge in [0.25, 0.3) is 0 Å². The number of nitrogens with zero attached hydrogens (tertiary/aromatic N) is 3. The van der Waals surface area contributed by atoms with Crippen molar-refractivity contribution in [3.05, 3.63) is 300 Å². The predicted octanol–water partition coefficient (Wildman–Crippen LogP) is 37.8. The summed E-state index contributed by atoms with van der Waals surface area (Å²) < 4.78 is 34.2. The summed E-state index contributed by atoms with van der Waals surface area (Å²) >= 11 is 10.4. The van der Waals surface area contributed by atoms with Gasteiger partial charge in [-0.3, -0.25) is 0 Å². The highest BCUT2D eigenvalue weighted by atomic mass is 79.9. The van der Waals surface area contributed by atoms with Crippen molar-refractivity contribution in [3.8, 4) is 62.3 Å². The molecule has 3 aliphatic rings. The number of hydrogen-bond donors (Lipinski definition) is 0. The maximum atomic E-state index is 6.71. The third-order valence-corrected chi connectivity index (χ3v) is 171. The van der Waals surface area contributed by atoms with E-state index in [2.05, 4.69) is 441 Å². The van der Waals surface area contributed by atoms with Gasteiger partial charge in [0.1, 0.15) is 23.0 Å². The van der Waals surface area contributed by atoms with Crippen LogP contribution in [0.15, 0.2) is 320 Å². The molecule has 35 heteroatoms. The van der Waals surface area contributed by atoms with Crippen molar-refractivity contribution in [2.45, 2.75) is 65.9 Å². The first-order valence-electron chi connectivity index (χ1n) is 37.2. The quantitative estimate of drug-likeness (QED) is 0.0710. The van der Waals surface area contributed by atoms with Crippen LogP contribution in [-0.2, 0) is 9.31 Å². The number of halogens is 2. The molecule has 120 heavy (non-hydrogen) atoms. The van der Waals surface area contributed by atoms with Crippen LogP contribution in [-0.4, -0.2) is 32.0 Å². The monoisotopic (exact) mass is 2160 g/mol. The van der Waals surface area contributed by atoms with E-state index in [4.69, 9.17) is 18.8 Å². The minimum absolute atomic E-state index is 0. The van der Waals surface area contributed by atoms with Crippen LogP contribution >= 0.6 is 240 Å². The minimum atomic E-state index is -0.353. The van der Waals surface area contributed by atoms with E-state index in [-0.39, 0.29) is 95.6 Å². The van der Waals surface area contributed by atoms with Crippen LogP contribution in [0, 0.1) is 0 Å². The Balaban J connectivity index is 0.000000139. The Morgan fingerprint density at radius 3 is 0.958 bits per heavy atom. The summed E-state index contributed by atoms with van der Waals surface area (Å²) in [6.07, 6.45) is 0. The van der Waals surface area contributed by atoms with Crippen LogP contribution in [0.3, 0.4) is 0 Å². The Morgan fingerprint density at radius 1 is 0.317 bits per heavy atom. The summed E-state index contributed by atoms with van der Waals surface area (Å²) in [6, 6.07) is 103. The van der Waals surface area contributed by atoms with Gasteiger partial charge in [-0.15, -0.1) is 107 Å². The van der Waals surface area contributed by atoms with E-state index in [0.29, 0.717) is 0 Å². The summed E-state index contributed by atoms with van der Waals surface area (Å²) in [4.78, 5) is 4.55. The second kappa shape index (κ2) is 42.1. The lowest BCUT2D eigenvalue weighted by molar-refractivity contribution is 0.00578. The molecule has 3 aliphatic heterocycles. The zero-order valence-corrected chi connectivity index (χ0v) is 93.3. The van der Waals surface area contributed by atoms with Crippen molar-refractivity contribution in [2.24, 2.45) is 0 Å². The Bertz CT molecular complexity index is 6120. The number of fused-ring (bicyclic) bond motifs is 13. The van der Waals surface area contributed by atoms with Crippen molar-refractivity contribution >= 4 is 318 Å². The molecule has 3 aromatic heterocycles. The number of benzene rings is 13. The van der Waals surface area contributed by atoms with Gasteiger partial charge >= 0.3 is 7.12 Å². The highest BCUT2D eigenvalue weighted by molar-refractivity contribution is 9.39. The average molecular weight is 2160 g/mol. The lowest BCUT2D eigenvalue weighted by Gasteiger charge is -2.47. The second-order valence-electron chi connectivity index (χ2n) is 28.8. The molecule has 0 saturated carbocycles. The second-order valence-corrected chi connectivity index (χ2v) is 122. The fraction of sp³-hybridized carbons (Fsp3) is 0.0824. The van der Waals surface area contributed by atoms with Gasteiger partial charge in [-0.2, -0.15) is 0 Å². The number of ether oxygens (including phenoxy) is 2. The topological polar surface area (TPSA) is 51.7 Å². The molecule has 0 amide bonds. The summed E-state index contributed by atoms with van der Waals surface area (Å²) in [5, 5.41) is 7.42. The van der Waals surface area contributed by atoms with Crippen LogP contribution < -0.4 is 14.9 Å². The summed E-state index contributed by atoms with van der Waals surface area (Å²) in [7, 11) is 39.1. The number of para-hydroxylation sites is 6. The van der Waals surface area contributed by atoms with E-state index in [1.54, 1.807) is 23.5 Å². The predicted molar refractivity (Wildman–Crippen MR) is 606 cm³/mol. The minimum Gasteiger partial charge on any atom is -0.455 e. The van der Waals surface area contributed by atoms with Crippen molar-refractivity contribution in [2.75, 3.05) is 0 Å². The van der Waals surface area contributed by atoms with Gasteiger partial charge < -0.3 is 32.5 Å². The van der Waals surface area contributed by atoms with Gasteiger partial charge in [-0.1, -0.05) is 216 Å². The molecular weight excluding hydrogens is 2070 g/mol. The van der Waals surface area contributed by atoms with E-state index in [1.807, 2.05) is 30.3 Å². The fourth-order valence-corrected chi connectivity index (χ4v) is 299. The van der Waals surface area contributed by atoms with Crippen molar-refractivity contribution < 1.29 is 18.8 Å². The molecule has 1 fully saturated rings. The van der Waals surface area contributed by atoms with Crippen LogP contribution in [0.4, 0.5) is 0 Å². The van der Waals surface area contributed by atoms with Crippen LogP contribution in [0.5, 0.6) is 23.0 Å². The Labute approximate surface area is 771 Å². The van der Waals surface area contributed by atoms with Gasteiger partial charge in [0, 0.05) is 58.3 Å². The molecule has 0 spiro atoms. The lowest BCUT2D eigenvalue weighted by atomic mass is 9.78. The van der Waals surface area contributed by atoms with Gasteiger partial charge in [-0.05, 0) is 271 Å². The zero-order chi connectivity index (χ0) is 83.3. The fourth-order valence-electron chi connectivity index (χ4n) is 14.6. The Morgan fingerprint density at radius 2 is 0.608 bits per heavy atom. The molecule has 13 aromatic carbocycles. The van der Waals surface area contributed by atoms with Gasteiger partial charge in [0.15, 0.2) is 0 Å². The third kappa shape index (κ3) is 20.6. The molecule has 7 nitrogen and oxygen atoms in total.